The van der Waals surface area contributed by atoms with Crippen LogP contribution in [0.2, 0.25) is 5.02 Å². The van der Waals surface area contributed by atoms with Gasteiger partial charge in [0.05, 0.1) is 12.0 Å². The maximum Gasteiger partial charge on any atom is 0.312 e. The first-order valence-corrected chi connectivity index (χ1v) is 11.2. The molecule has 7 nitrogen and oxygen atoms in total. The number of phenols is 1. The fourth-order valence-electron chi connectivity index (χ4n) is 4.65. The number of pyridine rings is 1. The van der Waals surface area contributed by atoms with E-state index in [0.717, 1.165) is 5.39 Å². The van der Waals surface area contributed by atoms with Gasteiger partial charge in [0.1, 0.15) is 28.7 Å². The van der Waals surface area contributed by atoms with Crippen LogP contribution in [0.1, 0.15) is 23.5 Å². The average Bonchev–Trinajstić information content (AvgIpc) is 2.83. The van der Waals surface area contributed by atoms with E-state index in [2.05, 4.69) is 4.98 Å². The van der Waals surface area contributed by atoms with Crippen molar-refractivity contribution in [3.05, 3.63) is 104 Å². The molecule has 0 saturated heterocycles. The first-order valence-electron chi connectivity index (χ1n) is 10.8. The van der Waals surface area contributed by atoms with Gasteiger partial charge in [0.15, 0.2) is 0 Å². The second kappa shape index (κ2) is 7.85. The summed E-state index contributed by atoms with van der Waals surface area (Å²) in [7, 11) is 0. The predicted molar refractivity (Wildman–Crippen MR) is 131 cm³/mol. The standard InChI is InChI=1S/C27H16ClNO6/c28-15-7-5-13(6-8-15)18-12-34-26-23-16(17-9-14-3-1-2-4-19(14)29-27(17)33)10-22(31)35-21(23)11-20(30)24(26)25(18)32/h1-9,11-12,16,30H,10H2,(H,29,33)/t16-/m0/s1. The Morgan fingerprint density at radius 3 is 2.57 bits per heavy atom. The lowest BCUT2D eigenvalue weighted by molar-refractivity contribution is -0.135. The van der Waals surface area contributed by atoms with Crippen LogP contribution in [-0.2, 0) is 4.79 Å². The summed E-state index contributed by atoms with van der Waals surface area (Å²) < 4.78 is 11.3. The molecule has 0 aliphatic carbocycles. The summed E-state index contributed by atoms with van der Waals surface area (Å²) in [5.41, 5.74) is 1.39. The monoisotopic (exact) mass is 485 g/mol. The van der Waals surface area contributed by atoms with Crippen LogP contribution in [-0.4, -0.2) is 16.1 Å². The number of ether oxygens (including phenoxy) is 1. The molecule has 1 aliphatic rings. The number of benzene rings is 3. The molecule has 1 atom stereocenters. The lowest BCUT2D eigenvalue weighted by Crippen LogP contribution is -2.26. The number of aromatic amines is 1. The second-order valence-electron chi connectivity index (χ2n) is 8.37. The van der Waals surface area contributed by atoms with E-state index in [1.807, 2.05) is 18.2 Å². The summed E-state index contributed by atoms with van der Waals surface area (Å²) >= 11 is 5.96. The molecule has 0 saturated carbocycles. The summed E-state index contributed by atoms with van der Waals surface area (Å²) in [6, 6.07) is 16.9. The molecule has 0 fully saturated rings. The molecule has 0 spiro atoms. The number of esters is 1. The van der Waals surface area contributed by atoms with Crippen molar-refractivity contribution in [1.82, 2.24) is 4.98 Å². The largest absolute Gasteiger partial charge is 0.507 e. The number of carbonyl (C=O) groups excluding carboxylic acids is 1. The SMILES string of the molecule is O=C1C[C@@H](c2cc3ccccc3[nH]c2=O)c2c(cc(O)c3c(=O)c(-c4ccc(Cl)cc4)coc23)O1. The third-order valence-corrected chi connectivity index (χ3v) is 6.54. The number of phenolic OH excluding ortho intramolecular Hbond substituents is 1. The van der Waals surface area contributed by atoms with Crippen LogP contribution >= 0.6 is 11.6 Å². The van der Waals surface area contributed by atoms with Gasteiger partial charge in [-0.05, 0) is 35.2 Å². The van der Waals surface area contributed by atoms with Crippen molar-refractivity contribution in [2.24, 2.45) is 0 Å². The van der Waals surface area contributed by atoms with Gasteiger partial charge in [-0.1, -0.05) is 41.9 Å². The van der Waals surface area contributed by atoms with Gasteiger partial charge < -0.3 is 19.2 Å². The number of halogens is 1. The Morgan fingerprint density at radius 1 is 1.00 bits per heavy atom. The topological polar surface area (TPSA) is 110 Å². The maximum atomic E-state index is 13.4. The van der Waals surface area contributed by atoms with E-state index in [1.54, 1.807) is 36.4 Å². The zero-order chi connectivity index (χ0) is 24.3. The van der Waals surface area contributed by atoms with Crippen molar-refractivity contribution in [2.45, 2.75) is 12.3 Å². The first-order chi connectivity index (χ1) is 16.9. The van der Waals surface area contributed by atoms with Gasteiger partial charge in [-0.15, -0.1) is 0 Å². The van der Waals surface area contributed by atoms with Gasteiger partial charge in [0, 0.05) is 33.7 Å². The van der Waals surface area contributed by atoms with Crippen molar-refractivity contribution in [3.63, 3.8) is 0 Å². The Kier molecular flexibility index (Phi) is 4.76. The van der Waals surface area contributed by atoms with Crippen LogP contribution in [0, 0.1) is 0 Å². The average molecular weight is 486 g/mol. The Hall–Kier alpha value is -4.36. The van der Waals surface area contributed by atoms with Crippen molar-refractivity contribution in [2.75, 3.05) is 0 Å². The molecule has 5 aromatic rings. The van der Waals surface area contributed by atoms with Gasteiger partial charge in [-0.2, -0.15) is 0 Å². The number of hydrogen-bond donors (Lipinski definition) is 2. The highest BCUT2D eigenvalue weighted by molar-refractivity contribution is 6.30. The number of H-pyrrole nitrogens is 1. The van der Waals surface area contributed by atoms with Crippen LogP contribution in [0.4, 0.5) is 0 Å². The summed E-state index contributed by atoms with van der Waals surface area (Å²) in [5.74, 6) is -1.64. The molecule has 0 unspecified atom stereocenters. The number of para-hydroxylation sites is 1. The third kappa shape index (κ3) is 3.40. The van der Waals surface area contributed by atoms with Crippen LogP contribution in [0.15, 0.2) is 80.9 Å². The number of aromatic hydroxyl groups is 1. The van der Waals surface area contributed by atoms with Gasteiger partial charge in [-0.3, -0.25) is 14.4 Å². The molecule has 0 amide bonds. The van der Waals surface area contributed by atoms with Gasteiger partial charge in [-0.25, -0.2) is 0 Å². The Bertz CT molecular complexity index is 1790. The van der Waals surface area contributed by atoms with E-state index >= 15 is 0 Å². The molecule has 3 heterocycles. The highest BCUT2D eigenvalue weighted by Gasteiger charge is 2.35. The van der Waals surface area contributed by atoms with Crippen molar-refractivity contribution in [1.29, 1.82) is 0 Å². The maximum absolute atomic E-state index is 13.4. The number of aromatic nitrogens is 1. The minimum atomic E-state index is -0.743. The number of hydrogen-bond acceptors (Lipinski definition) is 6. The third-order valence-electron chi connectivity index (χ3n) is 6.28. The quantitative estimate of drug-likeness (QED) is 0.266. The molecule has 172 valence electrons. The Morgan fingerprint density at radius 2 is 1.77 bits per heavy atom. The minimum absolute atomic E-state index is 0.0474. The van der Waals surface area contributed by atoms with Crippen LogP contribution in [0.5, 0.6) is 11.5 Å². The highest BCUT2D eigenvalue weighted by Crippen LogP contribution is 2.45. The predicted octanol–water partition coefficient (Wildman–Crippen LogP) is 5.10. The Balaban J connectivity index is 1.63. The molecule has 0 bridgehead atoms. The van der Waals surface area contributed by atoms with Crippen molar-refractivity contribution >= 4 is 39.4 Å². The highest BCUT2D eigenvalue weighted by atomic mass is 35.5. The number of rotatable bonds is 2. The van der Waals surface area contributed by atoms with Crippen molar-refractivity contribution < 1.29 is 19.1 Å². The summed E-state index contributed by atoms with van der Waals surface area (Å²) in [5, 5.41) is 12.0. The molecule has 8 heteroatoms. The number of fused-ring (bicyclic) bond motifs is 4. The zero-order valence-electron chi connectivity index (χ0n) is 18.0. The lowest BCUT2D eigenvalue weighted by atomic mass is 9.85. The molecule has 2 N–H and O–H groups in total. The van der Waals surface area contributed by atoms with Gasteiger partial charge in [0.25, 0.3) is 5.56 Å². The fourth-order valence-corrected chi connectivity index (χ4v) is 4.78. The molecule has 2 aromatic heterocycles. The van der Waals surface area contributed by atoms with E-state index in [1.165, 1.54) is 12.3 Å². The number of carbonyl (C=O) groups is 1. The van der Waals surface area contributed by atoms with E-state index < -0.39 is 17.3 Å². The smallest absolute Gasteiger partial charge is 0.312 e. The van der Waals surface area contributed by atoms with Crippen molar-refractivity contribution in [3.8, 4) is 22.6 Å². The summed E-state index contributed by atoms with van der Waals surface area (Å²) in [6.45, 7) is 0. The normalized spacial score (nSPS) is 15.2. The fraction of sp³-hybridized carbons (Fsp3) is 0.0741. The van der Waals surface area contributed by atoms with E-state index in [0.29, 0.717) is 27.2 Å². The van der Waals surface area contributed by atoms with E-state index in [4.69, 9.17) is 20.8 Å². The number of nitrogens with one attached hydrogen (secondary N) is 1. The molecule has 6 rings (SSSR count). The van der Waals surface area contributed by atoms with E-state index in [9.17, 15) is 19.5 Å². The molecule has 0 radical (unpaired) electrons. The lowest BCUT2D eigenvalue weighted by Gasteiger charge is -2.25. The van der Waals surface area contributed by atoms with Crippen LogP contribution < -0.4 is 15.7 Å². The van der Waals surface area contributed by atoms with Crippen LogP contribution in [0.3, 0.4) is 0 Å². The van der Waals surface area contributed by atoms with Gasteiger partial charge >= 0.3 is 5.97 Å². The minimum Gasteiger partial charge on any atom is -0.507 e. The second-order valence-corrected chi connectivity index (χ2v) is 8.81. The molecule has 1 aliphatic heterocycles. The summed E-state index contributed by atoms with van der Waals surface area (Å²) in [6.07, 6.45) is 1.17. The first kappa shape index (κ1) is 21.2. The molecule has 35 heavy (non-hydrogen) atoms. The molecule has 3 aromatic carbocycles. The molecular formula is C27H16ClNO6. The summed E-state index contributed by atoms with van der Waals surface area (Å²) in [4.78, 5) is 41.8. The zero-order valence-corrected chi connectivity index (χ0v) is 18.8. The Labute approximate surface area is 202 Å². The van der Waals surface area contributed by atoms with Crippen LogP contribution in [0.25, 0.3) is 33.0 Å². The van der Waals surface area contributed by atoms with Gasteiger partial charge in [0.2, 0.25) is 5.43 Å². The molecular weight excluding hydrogens is 470 g/mol. The van der Waals surface area contributed by atoms with E-state index in [-0.39, 0.29) is 40.0 Å².